The Morgan fingerprint density at radius 1 is 1.25 bits per heavy atom. The van der Waals surface area contributed by atoms with E-state index in [0.29, 0.717) is 24.6 Å². The number of carbonyl (C=O) groups excluding carboxylic acids is 2. The van der Waals surface area contributed by atoms with E-state index in [1.807, 2.05) is 0 Å². The third-order valence-electron chi connectivity index (χ3n) is 3.97. The topological polar surface area (TPSA) is 83.6 Å². The van der Waals surface area contributed by atoms with Crippen molar-refractivity contribution in [3.05, 3.63) is 40.4 Å². The maximum Gasteiger partial charge on any atom is 0.416 e. The molecule has 2 heterocycles. The maximum absolute atomic E-state index is 12.6. The van der Waals surface area contributed by atoms with Crippen LogP contribution in [0.3, 0.4) is 0 Å². The zero-order chi connectivity index (χ0) is 20.3. The summed E-state index contributed by atoms with van der Waals surface area (Å²) >= 11 is 1.25. The summed E-state index contributed by atoms with van der Waals surface area (Å²) in [5.41, 5.74) is 0.299. The van der Waals surface area contributed by atoms with Gasteiger partial charge in [-0.3, -0.25) is 5.32 Å². The molecule has 1 aromatic carbocycles. The Bertz CT molecular complexity index is 868. The van der Waals surface area contributed by atoms with Crippen molar-refractivity contribution in [2.24, 2.45) is 0 Å². The summed E-state index contributed by atoms with van der Waals surface area (Å²) in [4.78, 5) is 30.6. The molecule has 3 rings (SSSR count). The molecule has 1 aliphatic rings. The van der Waals surface area contributed by atoms with Crippen molar-refractivity contribution < 1.29 is 27.5 Å². The molecule has 0 bridgehead atoms. The quantitative estimate of drug-likeness (QED) is 0.784. The van der Waals surface area contributed by atoms with Gasteiger partial charge in [0, 0.05) is 23.5 Å². The van der Waals surface area contributed by atoms with E-state index in [1.54, 1.807) is 6.92 Å². The van der Waals surface area contributed by atoms with E-state index in [4.69, 9.17) is 4.74 Å². The van der Waals surface area contributed by atoms with Crippen LogP contribution in [-0.4, -0.2) is 35.2 Å². The molecular weight excluding hydrogens is 397 g/mol. The zero-order valence-corrected chi connectivity index (χ0v) is 15.6. The smallest absolute Gasteiger partial charge is 0.416 e. The Hall–Kier alpha value is -2.82. The minimum atomic E-state index is -4.42. The predicted molar refractivity (Wildman–Crippen MR) is 97.3 cm³/mol. The largest absolute Gasteiger partial charge is 0.450 e. The highest BCUT2D eigenvalue weighted by molar-refractivity contribution is 7.15. The van der Waals surface area contributed by atoms with Crippen LogP contribution in [0, 0.1) is 0 Å². The van der Waals surface area contributed by atoms with Crippen molar-refractivity contribution in [1.29, 1.82) is 0 Å². The van der Waals surface area contributed by atoms with Gasteiger partial charge in [0.15, 0.2) is 5.13 Å². The van der Waals surface area contributed by atoms with Crippen LogP contribution in [0.5, 0.6) is 0 Å². The SMILES string of the molecule is CCOC(=O)Nc1nc2c(s1)CN(C(=O)Nc1ccc(C(F)(F)F)cc1)CC2. The normalized spacial score (nSPS) is 13.6. The summed E-state index contributed by atoms with van der Waals surface area (Å²) in [6.45, 7) is 2.64. The van der Waals surface area contributed by atoms with Gasteiger partial charge in [-0.2, -0.15) is 13.2 Å². The molecule has 0 radical (unpaired) electrons. The fourth-order valence-electron chi connectivity index (χ4n) is 2.62. The van der Waals surface area contributed by atoms with E-state index < -0.39 is 23.9 Å². The van der Waals surface area contributed by atoms with E-state index in [0.717, 1.165) is 22.7 Å². The van der Waals surface area contributed by atoms with Gasteiger partial charge in [-0.15, -0.1) is 0 Å². The molecule has 0 aliphatic carbocycles. The van der Waals surface area contributed by atoms with Crippen molar-refractivity contribution in [3.63, 3.8) is 0 Å². The summed E-state index contributed by atoms with van der Waals surface area (Å²) in [6, 6.07) is 3.84. The monoisotopic (exact) mass is 414 g/mol. The first-order chi connectivity index (χ1) is 13.3. The molecule has 0 saturated carbocycles. The number of urea groups is 1. The van der Waals surface area contributed by atoms with Crippen LogP contribution in [0.15, 0.2) is 24.3 Å². The average molecular weight is 414 g/mol. The molecule has 7 nitrogen and oxygen atoms in total. The number of thiazole rings is 1. The second kappa shape index (κ2) is 8.05. The van der Waals surface area contributed by atoms with Gasteiger partial charge < -0.3 is 15.0 Å². The molecule has 0 atom stereocenters. The lowest BCUT2D eigenvalue weighted by Crippen LogP contribution is -2.38. The number of aromatic nitrogens is 1. The molecule has 2 aromatic rings. The average Bonchev–Trinajstić information content (AvgIpc) is 3.02. The lowest BCUT2D eigenvalue weighted by molar-refractivity contribution is -0.137. The second-order valence-corrected chi connectivity index (χ2v) is 6.99. The Balaban J connectivity index is 1.61. The van der Waals surface area contributed by atoms with E-state index >= 15 is 0 Å². The molecule has 150 valence electrons. The van der Waals surface area contributed by atoms with Crippen LogP contribution in [0.4, 0.5) is 33.6 Å². The van der Waals surface area contributed by atoms with Crippen molar-refractivity contribution in [1.82, 2.24) is 9.88 Å². The van der Waals surface area contributed by atoms with Gasteiger partial charge in [-0.05, 0) is 31.2 Å². The third-order valence-corrected chi connectivity index (χ3v) is 4.96. The highest BCUT2D eigenvalue weighted by Gasteiger charge is 2.30. The number of hydrogen-bond donors (Lipinski definition) is 2. The number of nitrogens with zero attached hydrogens (tertiary/aromatic N) is 2. The molecular formula is C17H17F3N4O3S. The van der Waals surface area contributed by atoms with Gasteiger partial charge in [0.1, 0.15) is 0 Å². The van der Waals surface area contributed by atoms with Gasteiger partial charge in [0.05, 0.1) is 24.4 Å². The molecule has 28 heavy (non-hydrogen) atoms. The van der Waals surface area contributed by atoms with Crippen LogP contribution in [-0.2, 0) is 23.9 Å². The number of anilines is 2. The molecule has 11 heteroatoms. The number of benzene rings is 1. The summed E-state index contributed by atoms with van der Waals surface area (Å²) in [5, 5.41) is 5.52. The first kappa shape index (κ1) is 19.9. The highest BCUT2D eigenvalue weighted by Crippen LogP contribution is 2.31. The molecule has 3 amide bonds. The minimum Gasteiger partial charge on any atom is -0.450 e. The van der Waals surface area contributed by atoms with Gasteiger partial charge >= 0.3 is 18.3 Å². The lowest BCUT2D eigenvalue weighted by Gasteiger charge is -2.26. The molecule has 1 aliphatic heterocycles. The number of alkyl halides is 3. The van der Waals surface area contributed by atoms with E-state index in [2.05, 4.69) is 15.6 Å². The number of halogens is 3. The first-order valence-corrected chi connectivity index (χ1v) is 9.23. The molecule has 2 N–H and O–H groups in total. The molecule has 0 unspecified atom stereocenters. The van der Waals surface area contributed by atoms with Crippen molar-refractivity contribution in [3.8, 4) is 0 Å². The van der Waals surface area contributed by atoms with Crippen molar-refractivity contribution in [2.45, 2.75) is 26.1 Å². The summed E-state index contributed by atoms with van der Waals surface area (Å²) in [5.74, 6) is 0. The van der Waals surface area contributed by atoms with Gasteiger partial charge in [0.2, 0.25) is 0 Å². The van der Waals surface area contributed by atoms with E-state index in [-0.39, 0.29) is 12.3 Å². The van der Waals surface area contributed by atoms with Crippen LogP contribution >= 0.6 is 11.3 Å². The summed E-state index contributed by atoms with van der Waals surface area (Å²) in [7, 11) is 0. The number of fused-ring (bicyclic) bond motifs is 1. The molecule has 0 fully saturated rings. The number of carbonyl (C=O) groups is 2. The number of nitrogens with one attached hydrogen (secondary N) is 2. The van der Waals surface area contributed by atoms with Gasteiger partial charge in [-0.1, -0.05) is 11.3 Å². The number of amides is 3. The van der Waals surface area contributed by atoms with Crippen LogP contribution in [0.25, 0.3) is 0 Å². The fourth-order valence-corrected chi connectivity index (χ4v) is 3.63. The maximum atomic E-state index is 12.6. The minimum absolute atomic E-state index is 0.245. The van der Waals surface area contributed by atoms with Crippen molar-refractivity contribution in [2.75, 3.05) is 23.8 Å². The Labute approximate surface area is 162 Å². The van der Waals surface area contributed by atoms with Gasteiger partial charge in [-0.25, -0.2) is 14.6 Å². The second-order valence-electron chi connectivity index (χ2n) is 5.91. The predicted octanol–water partition coefficient (Wildman–Crippen LogP) is 4.32. The third kappa shape index (κ3) is 4.71. The standard InChI is InChI=1S/C17H17F3N4O3S/c1-2-27-16(26)23-14-22-12-7-8-24(9-13(12)28-14)15(25)21-11-5-3-10(4-6-11)17(18,19)20/h3-6H,2,7-9H2,1H3,(H,21,25)(H,22,23,26). The number of hydrogen-bond acceptors (Lipinski definition) is 5. The van der Waals surface area contributed by atoms with Crippen molar-refractivity contribution >= 4 is 34.3 Å². The van der Waals surface area contributed by atoms with E-state index in [9.17, 15) is 22.8 Å². The van der Waals surface area contributed by atoms with Gasteiger partial charge in [0.25, 0.3) is 0 Å². The number of ether oxygens (including phenoxy) is 1. The molecule has 0 saturated heterocycles. The summed E-state index contributed by atoms with van der Waals surface area (Å²) < 4.78 is 42.6. The van der Waals surface area contributed by atoms with Crippen LogP contribution in [0.1, 0.15) is 23.1 Å². The molecule has 1 aromatic heterocycles. The Kier molecular flexibility index (Phi) is 5.73. The van der Waals surface area contributed by atoms with Crippen LogP contribution < -0.4 is 10.6 Å². The highest BCUT2D eigenvalue weighted by atomic mass is 32.1. The fraction of sp³-hybridized carbons (Fsp3) is 0.353. The molecule has 0 spiro atoms. The Morgan fingerprint density at radius 3 is 2.61 bits per heavy atom. The first-order valence-electron chi connectivity index (χ1n) is 8.42. The summed E-state index contributed by atoms with van der Waals surface area (Å²) in [6.07, 6.45) is -4.50. The lowest BCUT2D eigenvalue weighted by atomic mass is 10.2. The Morgan fingerprint density at radius 2 is 1.96 bits per heavy atom. The van der Waals surface area contributed by atoms with E-state index in [1.165, 1.54) is 28.4 Å². The number of rotatable bonds is 3. The zero-order valence-electron chi connectivity index (χ0n) is 14.8. The van der Waals surface area contributed by atoms with Crippen LogP contribution in [0.2, 0.25) is 0 Å².